The second-order valence-electron chi connectivity index (χ2n) is 4.11. The monoisotopic (exact) mass is 259 g/mol. The molecule has 0 aliphatic rings. The molecule has 0 fully saturated rings. The molecule has 0 atom stereocenters. The van der Waals surface area contributed by atoms with Crippen LogP contribution in [0.2, 0.25) is 0 Å². The van der Waals surface area contributed by atoms with Crippen molar-refractivity contribution in [2.24, 2.45) is 4.99 Å². The number of phenols is 1. The van der Waals surface area contributed by atoms with Crippen molar-refractivity contribution < 1.29 is 14.2 Å². The van der Waals surface area contributed by atoms with Crippen LogP contribution in [0.25, 0.3) is 0 Å². The van der Waals surface area contributed by atoms with Crippen molar-refractivity contribution >= 4 is 11.9 Å². The minimum atomic E-state index is -0.390. The maximum absolute atomic E-state index is 13.6. The second kappa shape index (κ2) is 5.52. The van der Waals surface area contributed by atoms with Gasteiger partial charge in [-0.3, -0.25) is 4.99 Å². The molecule has 98 valence electrons. The topological polar surface area (TPSA) is 41.8 Å². The first kappa shape index (κ1) is 13.1. The van der Waals surface area contributed by atoms with Gasteiger partial charge in [0.25, 0.3) is 0 Å². The second-order valence-corrected chi connectivity index (χ2v) is 4.11. The number of ether oxygens (including phenoxy) is 1. The summed E-state index contributed by atoms with van der Waals surface area (Å²) in [4.78, 5) is 4.04. The Morgan fingerprint density at radius 2 is 2.05 bits per heavy atom. The zero-order chi connectivity index (χ0) is 13.8. The highest BCUT2D eigenvalue weighted by Gasteiger charge is 2.05. The van der Waals surface area contributed by atoms with Gasteiger partial charge in [0.15, 0.2) is 11.5 Å². The van der Waals surface area contributed by atoms with Crippen molar-refractivity contribution in [2.75, 3.05) is 7.11 Å². The lowest BCUT2D eigenvalue weighted by atomic mass is 10.2. The zero-order valence-corrected chi connectivity index (χ0v) is 10.7. The van der Waals surface area contributed by atoms with Gasteiger partial charge >= 0.3 is 0 Å². The summed E-state index contributed by atoms with van der Waals surface area (Å²) < 4.78 is 18.6. The molecule has 0 aliphatic carbocycles. The van der Waals surface area contributed by atoms with Gasteiger partial charge in [0.05, 0.1) is 12.8 Å². The smallest absolute Gasteiger partial charge is 0.166 e. The van der Waals surface area contributed by atoms with Crippen molar-refractivity contribution in [1.82, 2.24) is 0 Å². The number of aliphatic imine (C=N–C) groups is 1. The van der Waals surface area contributed by atoms with Gasteiger partial charge in [-0.2, -0.15) is 0 Å². The van der Waals surface area contributed by atoms with Crippen LogP contribution in [0.15, 0.2) is 41.4 Å². The standard InChI is InChI=1S/C15H14FNO2/c1-10-6-7-13(12(16)8-10)17-9-11-4-3-5-14(19-2)15(11)18/h3-9,18H,1-2H3. The molecule has 3 nitrogen and oxygen atoms in total. The lowest BCUT2D eigenvalue weighted by molar-refractivity contribution is 0.373. The molecule has 0 heterocycles. The predicted molar refractivity (Wildman–Crippen MR) is 73.0 cm³/mol. The number of benzene rings is 2. The van der Waals surface area contributed by atoms with Crippen LogP contribution < -0.4 is 4.74 Å². The van der Waals surface area contributed by atoms with E-state index in [2.05, 4.69) is 4.99 Å². The first-order valence-electron chi connectivity index (χ1n) is 5.78. The summed E-state index contributed by atoms with van der Waals surface area (Å²) in [5.74, 6) is -0.0479. The molecule has 1 N–H and O–H groups in total. The van der Waals surface area contributed by atoms with Crippen molar-refractivity contribution in [3.05, 3.63) is 53.3 Å². The number of aryl methyl sites for hydroxylation is 1. The molecule has 0 unspecified atom stereocenters. The van der Waals surface area contributed by atoms with E-state index in [1.807, 2.05) is 6.92 Å². The molecule has 19 heavy (non-hydrogen) atoms. The van der Waals surface area contributed by atoms with Gasteiger partial charge in [-0.1, -0.05) is 12.1 Å². The molecule has 0 bridgehead atoms. The summed E-state index contributed by atoms with van der Waals surface area (Å²) in [5.41, 5.74) is 1.54. The largest absolute Gasteiger partial charge is 0.504 e. The number of hydrogen-bond donors (Lipinski definition) is 1. The van der Waals surface area contributed by atoms with Gasteiger partial charge in [-0.05, 0) is 36.8 Å². The lowest BCUT2D eigenvalue weighted by Crippen LogP contribution is -1.88. The van der Waals surface area contributed by atoms with Gasteiger partial charge in [-0.15, -0.1) is 0 Å². The van der Waals surface area contributed by atoms with Crippen LogP contribution in [0.4, 0.5) is 10.1 Å². The third kappa shape index (κ3) is 2.91. The summed E-state index contributed by atoms with van der Waals surface area (Å²) in [6.45, 7) is 1.81. The number of rotatable bonds is 3. The van der Waals surface area contributed by atoms with Gasteiger partial charge in [0.2, 0.25) is 0 Å². The highest BCUT2D eigenvalue weighted by Crippen LogP contribution is 2.28. The van der Waals surface area contributed by atoms with Crippen LogP contribution in [0.3, 0.4) is 0 Å². The fourth-order valence-corrected chi connectivity index (χ4v) is 1.66. The zero-order valence-electron chi connectivity index (χ0n) is 10.7. The van der Waals surface area contributed by atoms with E-state index in [1.54, 1.807) is 30.3 Å². The SMILES string of the molecule is COc1cccc(C=Nc2ccc(C)cc2F)c1O. The normalized spacial score (nSPS) is 10.9. The van der Waals surface area contributed by atoms with Crippen LogP contribution >= 0.6 is 0 Å². The summed E-state index contributed by atoms with van der Waals surface area (Å²) >= 11 is 0. The van der Waals surface area contributed by atoms with Gasteiger partial charge in [0.1, 0.15) is 5.82 Å². The van der Waals surface area contributed by atoms with E-state index < -0.39 is 5.82 Å². The summed E-state index contributed by atoms with van der Waals surface area (Å²) in [6.07, 6.45) is 1.41. The van der Waals surface area contributed by atoms with Gasteiger partial charge < -0.3 is 9.84 Å². The van der Waals surface area contributed by atoms with Crippen LogP contribution in [-0.4, -0.2) is 18.4 Å². The summed E-state index contributed by atoms with van der Waals surface area (Å²) in [6, 6.07) is 9.83. The number of para-hydroxylation sites is 1. The van der Waals surface area contributed by atoms with Crippen LogP contribution in [0, 0.1) is 12.7 Å². The van der Waals surface area contributed by atoms with Crippen molar-refractivity contribution in [3.8, 4) is 11.5 Å². The number of nitrogens with zero attached hydrogens (tertiary/aromatic N) is 1. The fourth-order valence-electron chi connectivity index (χ4n) is 1.66. The van der Waals surface area contributed by atoms with Crippen LogP contribution in [0.1, 0.15) is 11.1 Å². The third-order valence-corrected chi connectivity index (χ3v) is 2.70. The highest BCUT2D eigenvalue weighted by molar-refractivity contribution is 5.86. The molecular weight excluding hydrogens is 245 g/mol. The Hall–Kier alpha value is -2.36. The molecular formula is C15H14FNO2. The molecule has 0 saturated heterocycles. The van der Waals surface area contributed by atoms with Gasteiger partial charge in [-0.25, -0.2) is 4.39 Å². The Balaban J connectivity index is 2.32. The fraction of sp³-hybridized carbons (Fsp3) is 0.133. The Morgan fingerprint density at radius 3 is 2.74 bits per heavy atom. The molecule has 0 aromatic heterocycles. The van der Waals surface area contributed by atoms with Gasteiger partial charge in [0, 0.05) is 11.8 Å². The molecule has 4 heteroatoms. The highest BCUT2D eigenvalue weighted by atomic mass is 19.1. The van der Waals surface area contributed by atoms with Crippen LogP contribution in [-0.2, 0) is 0 Å². The van der Waals surface area contributed by atoms with E-state index in [4.69, 9.17) is 4.74 Å². The molecule has 0 spiro atoms. The first-order valence-corrected chi connectivity index (χ1v) is 5.78. The van der Waals surface area contributed by atoms with Crippen LogP contribution in [0.5, 0.6) is 11.5 Å². The quantitative estimate of drug-likeness (QED) is 0.856. The predicted octanol–water partition coefficient (Wildman–Crippen LogP) is 3.60. The van der Waals surface area contributed by atoms with E-state index in [1.165, 1.54) is 19.4 Å². The molecule has 2 rings (SSSR count). The maximum Gasteiger partial charge on any atom is 0.166 e. The summed E-state index contributed by atoms with van der Waals surface area (Å²) in [7, 11) is 1.47. The van der Waals surface area contributed by atoms with E-state index in [0.29, 0.717) is 11.3 Å². The first-order chi connectivity index (χ1) is 9.11. The molecule has 0 radical (unpaired) electrons. The molecule has 0 amide bonds. The van der Waals surface area contributed by atoms with Crippen molar-refractivity contribution in [2.45, 2.75) is 6.92 Å². The third-order valence-electron chi connectivity index (χ3n) is 2.70. The molecule has 0 aliphatic heterocycles. The maximum atomic E-state index is 13.6. The Kier molecular flexibility index (Phi) is 3.80. The van der Waals surface area contributed by atoms with E-state index in [-0.39, 0.29) is 11.4 Å². The summed E-state index contributed by atoms with van der Waals surface area (Å²) in [5, 5.41) is 9.87. The average molecular weight is 259 g/mol. The number of hydrogen-bond acceptors (Lipinski definition) is 3. The minimum Gasteiger partial charge on any atom is -0.504 e. The number of halogens is 1. The van der Waals surface area contributed by atoms with E-state index >= 15 is 0 Å². The Morgan fingerprint density at radius 1 is 1.26 bits per heavy atom. The van der Waals surface area contributed by atoms with Crippen molar-refractivity contribution in [1.29, 1.82) is 0 Å². The van der Waals surface area contributed by atoms with E-state index in [9.17, 15) is 9.50 Å². The molecule has 0 saturated carbocycles. The van der Waals surface area contributed by atoms with Crippen molar-refractivity contribution in [3.63, 3.8) is 0 Å². The van der Waals surface area contributed by atoms with E-state index in [0.717, 1.165) is 5.56 Å². The Bertz CT molecular complexity index is 624. The average Bonchev–Trinajstić information content (AvgIpc) is 2.39. The molecule has 2 aromatic carbocycles. The minimum absolute atomic E-state index is 0.0127. The lowest BCUT2D eigenvalue weighted by Gasteiger charge is -2.05. The number of methoxy groups -OCH3 is 1. The Labute approximate surface area is 111 Å². The number of phenolic OH excluding ortho intramolecular Hbond substituents is 1. The number of aromatic hydroxyl groups is 1. The molecule has 2 aromatic rings.